The van der Waals surface area contributed by atoms with Crippen molar-refractivity contribution in [2.24, 2.45) is 11.8 Å². The number of nitrogens with zero attached hydrogens (tertiary/aromatic N) is 1. The average Bonchev–Trinajstić information content (AvgIpc) is 2.70. The van der Waals surface area contributed by atoms with Crippen molar-refractivity contribution in [3.8, 4) is 11.5 Å². The molecule has 0 spiro atoms. The van der Waals surface area contributed by atoms with Crippen LogP contribution in [0.1, 0.15) is 49.7 Å². The molecule has 1 aromatic heterocycles. The van der Waals surface area contributed by atoms with E-state index < -0.39 is 5.60 Å². The van der Waals surface area contributed by atoms with E-state index in [1.54, 1.807) is 19.4 Å². The van der Waals surface area contributed by atoms with Gasteiger partial charge in [-0.05, 0) is 74.1 Å². The molecule has 30 heavy (non-hydrogen) atoms. The van der Waals surface area contributed by atoms with Crippen molar-refractivity contribution in [2.45, 2.75) is 62.8 Å². The highest BCUT2D eigenvalue weighted by Crippen LogP contribution is 2.57. The fourth-order valence-electron chi connectivity index (χ4n) is 6.30. The first-order valence-corrected chi connectivity index (χ1v) is 11.2. The lowest BCUT2D eigenvalue weighted by atomic mass is 9.51. The summed E-state index contributed by atoms with van der Waals surface area (Å²) in [6.45, 7) is 1.18. The van der Waals surface area contributed by atoms with Gasteiger partial charge in [-0.1, -0.05) is 23.7 Å². The van der Waals surface area contributed by atoms with Gasteiger partial charge in [0.25, 0.3) is 0 Å². The van der Waals surface area contributed by atoms with Crippen molar-refractivity contribution in [1.29, 1.82) is 0 Å². The lowest BCUT2D eigenvalue weighted by molar-refractivity contribution is -0.142. The van der Waals surface area contributed by atoms with Crippen molar-refractivity contribution < 1.29 is 14.6 Å². The number of halogens is 1. The summed E-state index contributed by atoms with van der Waals surface area (Å²) in [6.07, 6.45) is 8.28. The molecular weight excluding hydrogens is 400 g/mol. The molecule has 2 atom stereocenters. The summed E-state index contributed by atoms with van der Waals surface area (Å²) < 4.78 is 11.5. The molecule has 0 aliphatic heterocycles. The van der Waals surface area contributed by atoms with E-state index in [4.69, 9.17) is 21.1 Å². The highest BCUT2D eigenvalue weighted by molar-refractivity contribution is 6.29. The molecule has 160 valence electrons. The van der Waals surface area contributed by atoms with Crippen molar-refractivity contribution in [3.05, 3.63) is 52.8 Å². The molecule has 1 heterocycles. The second-order valence-corrected chi connectivity index (χ2v) is 9.97. The van der Waals surface area contributed by atoms with E-state index in [0.29, 0.717) is 29.3 Å². The van der Waals surface area contributed by atoms with Crippen molar-refractivity contribution in [2.75, 3.05) is 7.11 Å². The number of pyridine rings is 1. The lowest BCUT2D eigenvalue weighted by Gasteiger charge is -2.60. The number of aliphatic hydroxyl groups is 1. The fourth-order valence-corrected chi connectivity index (χ4v) is 6.42. The van der Waals surface area contributed by atoms with Gasteiger partial charge < -0.3 is 19.9 Å². The van der Waals surface area contributed by atoms with E-state index in [9.17, 15) is 5.11 Å². The summed E-state index contributed by atoms with van der Waals surface area (Å²) in [5.74, 6) is 2.79. The molecule has 4 fully saturated rings. The molecule has 6 heteroatoms. The second kappa shape index (κ2) is 7.70. The van der Waals surface area contributed by atoms with Crippen LogP contribution in [0.5, 0.6) is 11.5 Å². The number of methoxy groups -OCH3 is 1. The van der Waals surface area contributed by atoms with Gasteiger partial charge in [0, 0.05) is 23.8 Å². The molecule has 0 amide bonds. The predicted octanol–water partition coefficient (Wildman–Crippen LogP) is 4.50. The van der Waals surface area contributed by atoms with Gasteiger partial charge in [-0.15, -0.1) is 0 Å². The minimum atomic E-state index is -0.441. The number of rotatable bonds is 7. The van der Waals surface area contributed by atoms with Crippen LogP contribution in [-0.2, 0) is 13.2 Å². The SMILES string of the molecule is COc1cc(CNC23CC4CC(CC(O)(C4)C2)C3)ccc1OCc1ccc(Cl)nc1. The topological polar surface area (TPSA) is 63.6 Å². The Kier molecular flexibility index (Phi) is 5.16. The quantitative estimate of drug-likeness (QED) is 0.636. The summed E-state index contributed by atoms with van der Waals surface area (Å²) in [6, 6.07) is 9.75. The first-order valence-electron chi connectivity index (χ1n) is 10.8. The Morgan fingerprint density at radius 1 is 1.10 bits per heavy atom. The second-order valence-electron chi connectivity index (χ2n) is 9.58. The molecular formula is C24H29ClN2O3. The Morgan fingerprint density at radius 3 is 2.53 bits per heavy atom. The Bertz CT molecular complexity index is 903. The van der Waals surface area contributed by atoms with Crippen molar-refractivity contribution in [3.63, 3.8) is 0 Å². The van der Waals surface area contributed by atoms with Crippen LogP contribution in [0.2, 0.25) is 5.15 Å². The molecule has 0 saturated heterocycles. The van der Waals surface area contributed by atoms with E-state index in [-0.39, 0.29) is 5.54 Å². The molecule has 2 unspecified atom stereocenters. The van der Waals surface area contributed by atoms with Gasteiger partial charge >= 0.3 is 0 Å². The van der Waals surface area contributed by atoms with Gasteiger partial charge in [0.15, 0.2) is 11.5 Å². The highest BCUT2D eigenvalue weighted by atomic mass is 35.5. The van der Waals surface area contributed by atoms with Gasteiger partial charge in [0.2, 0.25) is 0 Å². The highest BCUT2D eigenvalue weighted by Gasteiger charge is 2.56. The standard InChI is InChI=1S/C24H29ClN2O3/c1-29-21-7-16(2-4-20(21)30-14-17-3-5-22(25)26-12-17)13-27-23-8-18-6-19(9-23)11-24(28,10-18)15-23/h2-5,7,12,18-19,27-28H,6,8-11,13-15H2,1H3. The van der Waals surface area contributed by atoms with Crippen LogP contribution in [0.4, 0.5) is 0 Å². The summed E-state index contributed by atoms with van der Waals surface area (Å²) in [7, 11) is 1.66. The normalized spacial score (nSPS) is 31.7. The maximum atomic E-state index is 11.0. The van der Waals surface area contributed by atoms with Gasteiger partial charge in [-0.3, -0.25) is 0 Å². The monoisotopic (exact) mass is 428 g/mol. The largest absolute Gasteiger partial charge is 0.493 e. The first kappa shape index (κ1) is 20.1. The number of nitrogens with one attached hydrogen (secondary N) is 1. The molecule has 4 aliphatic carbocycles. The molecule has 2 aromatic rings. The smallest absolute Gasteiger partial charge is 0.161 e. The van der Waals surface area contributed by atoms with Crippen molar-refractivity contribution >= 4 is 11.6 Å². The third kappa shape index (κ3) is 4.03. The number of hydrogen-bond donors (Lipinski definition) is 2. The Labute approximate surface area is 182 Å². The van der Waals surface area contributed by atoms with Gasteiger partial charge in [0.05, 0.1) is 12.7 Å². The van der Waals surface area contributed by atoms with Crippen LogP contribution in [0.15, 0.2) is 36.5 Å². The molecule has 4 aliphatic rings. The predicted molar refractivity (Wildman–Crippen MR) is 116 cm³/mol. The molecule has 6 rings (SSSR count). The van der Waals surface area contributed by atoms with Crippen molar-refractivity contribution in [1.82, 2.24) is 10.3 Å². The van der Waals surface area contributed by atoms with E-state index in [0.717, 1.165) is 42.7 Å². The Balaban J connectivity index is 1.24. The van der Waals surface area contributed by atoms with Crippen LogP contribution in [0, 0.1) is 11.8 Å². The first-order chi connectivity index (χ1) is 14.4. The maximum absolute atomic E-state index is 11.0. The zero-order valence-electron chi connectivity index (χ0n) is 17.4. The molecule has 1 aromatic carbocycles. The Morgan fingerprint density at radius 2 is 1.87 bits per heavy atom. The van der Waals surface area contributed by atoms with Crippen LogP contribution in [0.25, 0.3) is 0 Å². The summed E-state index contributed by atoms with van der Waals surface area (Å²) in [5.41, 5.74) is 1.76. The van der Waals surface area contributed by atoms with E-state index in [1.807, 2.05) is 18.2 Å². The summed E-state index contributed by atoms with van der Waals surface area (Å²) in [5, 5.41) is 15.3. The van der Waals surface area contributed by atoms with E-state index in [1.165, 1.54) is 19.3 Å². The molecule has 5 nitrogen and oxygen atoms in total. The molecule has 2 N–H and O–H groups in total. The fraction of sp³-hybridized carbons (Fsp3) is 0.542. The van der Waals surface area contributed by atoms with Gasteiger partial charge in [-0.2, -0.15) is 0 Å². The maximum Gasteiger partial charge on any atom is 0.161 e. The van der Waals surface area contributed by atoms with Gasteiger partial charge in [0.1, 0.15) is 11.8 Å². The molecule has 0 radical (unpaired) electrons. The lowest BCUT2D eigenvalue weighted by Crippen LogP contribution is -2.64. The molecule has 4 saturated carbocycles. The van der Waals surface area contributed by atoms with Crippen LogP contribution in [0.3, 0.4) is 0 Å². The average molecular weight is 429 g/mol. The number of benzene rings is 1. The van der Waals surface area contributed by atoms with Crippen LogP contribution in [-0.4, -0.2) is 28.3 Å². The summed E-state index contributed by atoms with van der Waals surface area (Å²) in [4.78, 5) is 4.08. The Hall–Kier alpha value is -1.82. The minimum absolute atomic E-state index is 0.0861. The third-order valence-corrected chi connectivity index (χ3v) is 7.33. The van der Waals surface area contributed by atoms with E-state index in [2.05, 4.69) is 16.4 Å². The van der Waals surface area contributed by atoms with Crippen LogP contribution < -0.4 is 14.8 Å². The zero-order chi connectivity index (χ0) is 20.8. The molecule has 4 bridgehead atoms. The zero-order valence-corrected chi connectivity index (χ0v) is 18.1. The van der Waals surface area contributed by atoms with Gasteiger partial charge in [-0.25, -0.2) is 4.98 Å². The number of ether oxygens (including phenoxy) is 2. The minimum Gasteiger partial charge on any atom is -0.493 e. The third-order valence-electron chi connectivity index (χ3n) is 7.11. The van der Waals surface area contributed by atoms with E-state index >= 15 is 0 Å². The van der Waals surface area contributed by atoms with Crippen LogP contribution >= 0.6 is 11.6 Å². The number of aromatic nitrogens is 1. The summed E-state index contributed by atoms with van der Waals surface area (Å²) >= 11 is 5.84. The number of hydrogen-bond acceptors (Lipinski definition) is 5.